The van der Waals surface area contributed by atoms with Crippen LogP contribution in [0.1, 0.15) is 26.2 Å². The Labute approximate surface area is 92.8 Å². The maximum absolute atomic E-state index is 10.8. The summed E-state index contributed by atoms with van der Waals surface area (Å²) >= 11 is 0. The summed E-state index contributed by atoms with van der Waals surface area (Å²) in [5, 5.41) is 27.1. The van der Waals surface area contributed by atoms with E-state index in [0.29, 0.717) is 12.8 Å². The van der Waals surface area contributed by atoms with Gasteiger partial charge in [-0.05, 0) is 26.2 Å². The molecule has 0 aromatic heterocycles. The Kier molecular flexibility index (Phi) is 4.26. The molecule has 1 aliphatic carbocycles. The van der Waals surface area contributed by atoms with Crippen LogP contribution < -0.4 is 0 Å². The molecular weight excluding hydrogens is 216 g/mol. The van der Waals surface area contributed by atoms with Crippen molar-refractivity contribution in [2.45, 2.75) is 44.5 Å². The van der Waals surface area contributed by atoms with E-state index in [1.165, 1.54) is 6.92 Å². The van der Waals surface area contributed by atoms with Gasteiger partial charge in [0.15, 0.2) is 6.10 Å². The summed E-state index contributed by atoms with van der Waals surface area (Å²) < 4.78 is 5.13. The van der Waals surface area contributed by atoms with Gasteiger partial charge in [0.25, 0.3) is 0 Å². The predicted molar refractivity (Wildman–Crippen MR) is 53.0 cm³/mol. The first kappa shape index (κ1) is 12.9. The molecule has 3 N–H and O–H groups in total. The summed E-state index contributed by atoms with van der Waals surface area (Å²) in [5.74, 6) is -2.61. The highest BCUT2D eigenvalue weighted by Crippen LogP contribution is 2.27. The van der Waals surface area contributed by atoms with Gasteiger partial charge in [-0.15, -0.1) is 0 Å². The largest absolute Gasteiger partial charge is 0.481 e. The number of hydrogen-bond acceptors (Lipinski definition) is 4. The van der Waals surface area contributed by atoms with E-state index >= 15 is 0 Å². The van der Waals surface area contributed by atoms with Gasteiger partial charge in [0.1, 0.15) is 0 Å². The van der Waals surface area contributed by atoms with Crippen molar-refractivity contribution in [2.24, 2.45) is 5.92 Å². The molecule has 0 aromatic carbocycles. The van der Waals surface area contributed by atoms with Gasteiger partial charge in [0.05, 0.1) is 18.1 Å². The number of carbonyl (C=O) groups is 2. The normalized spacial score (nSPS) is 32.0. The van der Waals surface area contributed by atoms with E-state index in [0.717, 1.165) is 0 Å². The third-order valence-electron chi connectivity index (χ3n) is 2.83. The van der Waals surface area contributed by atoms with Crippen molar-refractivity contribution in [1.29, 1.82) is 0 Å². The lowest BCUT2D eigenvalue weighted by Crippen LogP contribution is -2.41. The fourth-order valence-corrected chi connectivity index (χ4v) is 1.80. The Bertz CT molecular complexity index is 274. The van der Waals surface area contributed by atoms with E-state index in [4.69, 9.17) is 14.9 Å². The molecule has 0 unspecified atom stereocenters. The van der Waals surface area contributed by atoms with Gasteiger partial charge in [0, 0.05) is 0 Å². The number of aliphatic hydroxyl groups excluding tert-OH is 1. The van der Waals surface area contributed by atoms with Crippen molar-refractivity contribution in [3.8, 4) is 0 Å². The molecule has 1 aliphatic rings. The molecule has 0 aromatic rings. The lowest BCUT2D eigenvalue weighted by Gasteiger charge is -2.32. The Morgan fingerprint density at radius 1 is 1.31 bits per heavy atom. The molecule has 1 saturated carbocycles. The SMILES string of the molecule is C[C@H](O[C@@H]1C[C@H](C(=O)O)CC[C@H]1O)C(=O)O. The van der Waals surface area contributed by atoms with E-state index in [2.05, 4.69) is 0 Å². The van der Waals surface area contributed by atoms with Gasteiger partial charge in [-0.3, -0.25) is 4.79 Å². The minimum Gasteiger partial charge on any atom is -0.481 e. The molecule has 0 saturated heterocycles. The zero-order valence-electron chi connectivity index (χ0n) is 9.00. The van der Waals surface area contributed by atoms with Crippen LogP contribution in [0.5, 0.6) is 0 Å². The molecule has 1 rings (SSSR count). The summed E-state index contributed by atoms with van der Waals surface area (Å²) in [6.07, 6.45) is -1.63. The monoisotopic (exact) mass is 232 g/mol. The van der Waals surface area contributed by atoms with Crippen LogP contribution in [-0.2, 0) is 14.3 Å². The Morgan fingerprint density at radius 2 is 1.94 bits per heavy atom. The average Bonchev–Trinajstić information content (AvgIpc) is 2.20. The maximum atomic E-state index is 10.8. The summed E-state index contributed by atoms with van der Waals surface area (Å²) in [6, 6.07) is 0. The van der Waals surface area contributed by atoms with Crippen LogP contribution in [0.25, 0.3) is 0 Å². The smallest absolute Gasteiger partial charge is 0.332 e. The minimum absolute atomic E-state index is 0.161. The third-order valence-corrected chi connectivity index (χ3v) is 2.83. The zero-order chi connectivity index (χ0) is 12.3. The Balaban J connectivity index is 2.56. The fraction of sp³-hybridized carbons (Fsp3) is 0.800. The Morgan fingerprint density at radius 3 is 2.44 bits per heavy atom. The molecule has 1 fully saturated rings. The highest BCUT2D eigenvalue weighted by Gasteiger charge is 2.35. The standard InChI is InChI=1S/C10H16O6/c1-5(9(12)13)16-8-4-6(10(14)15)2-3-7(8)11/h5-8,11H,2-4H2,1H3,(H,12,13)(H,14,15)/t5-,6+,7+,8+/m0/s1. The van der Waals surface area contributed by atoms with Crippen LogP contribution in [0.2, 0.25) is 0 Å². The highest BCUT2D eigenvalue weighted by molar-refractivity contribution is 5.72. The second kappa shape index (κ2) is 5.27. The first-order chi connectivity index (χ1) is 7.41. The van der Waals surface area contributed by atoms with Gasteiger partial charge in [-0.1, -0.05) is 0 Å². The van der Waals surface area contributed by atoms with E-state index < -0.39 is 36.2 Å². The molecule has 0 aliphatic heterocycles. The first-order valence-corrected chi connectivity index (χ1v) is 5.21. The van der Waals surface area contributed by atoms with Gasteiger partial charge in [-0.25, -0.2) is 4.79 Å². The molecule has 4 atom stereocenters. The molecule has 6 nitrogen and oxygen atoms in total. The molecule has 0 radical (unpaired) electrons. The molecule has 92 valence electrons. The van der Waals surface area contributed by atoms with Crippen LogP contribution in [0, 0.1) is 5.92 Å². The quantitative estimate of drug-likeness (QED) is 0.634. The first-order valence-electron chi connectivity index (χ1n) is 5.21. The molecule has 0 bridgehead atoms. The highest BCUT2D eigenvalue weighted by atomic mass is 16.5. The summed E-state index contributed by atoms with van der Waals surface area (Å²) in [4.78, 5) is 21.3. The number of carboxylic acid groups (broad SMARTS) is 2. The summed E-state index contributed by atoms with van der Waals surface area (Å²) in [6.45, 7) is 1.36. The van der Waals surface area contributed by atoms with Crippen LogP contribution in [0.4, 0.5) is 0 Å². The zero-order valence-corrected chi connectivity index (χ0v) is 9.00. The lowest BCUT2D eigenvalue weighted by molar-refractivity contribution is -0.164. The molecule has 6 heteroatoms. The van der Waals surface area contributed by atoms with Crippen molar-refractivity contribution >= 4 is 11.9 Å². The number of carboxylic acids is 2. The van der Waals surface area contributed by atoms with E-state index in [1.807, 2.05) is 0 Å². The topological polar surface area (TPSA) is 104 Å². The summed E-state index contributed by atoms with van der Waals surface area (Å²) in [5.41, 5.74) is 0. The van der Waals surface area contributed by atoms with Crippen LogP contribution in [0.15, 0.2) is 0 Å². The Hall–Kier alpha value is -1.14. The lowest BCUT2D eigenvalue weighted by atomic mass is 9.85. The third kappa shape index (κ3) is 3.18. The van der Waals surface area contributed by atoms with Gasteiger partial charge < -0.3 is 20.1 Å². The number of hydrogen-bond donors (Lipinski definition) is 3. The van der Waals surface area contributed by atoms with Gasteiger partial charge >= 0.3 is 11.9 Å². The van der Waals surface area contributed by atoms with Crippen molar-refractivity contribution < 1.29 is 29.6 Å². The maximum Gasteiger partial charge on any atom is 0.332 e. The van der Waals surface area contributed by atoms with Crippen molar-refractivity contribution in [2.75, 3.05) is 0 Å². The van der Waals surface area contributed by atoms with Crippen LogP contribution >= 0.6 is 0 Å². The number of aliphatic hydroxyl groups is 1. The van der Waals surface area contributed by atoms with Gasteiger partial charge in [0.2, 0.25) is 0 Å². The minimum atomic E-state index is -1.12. The second-order valence-corrected chi connectivity index (χ2v) is 4.07. The molecule has 0 amide bonds. The molecule has 0 spiro atoms. The number of rotatable bonds is 4. The van der Waals surface area contributed by atoms with Crippen molar-refractivity contribution in [1.82, 2.24) is 0 Å². The average molecular weight is 232 g/mol. The number of ether oxygens (including phenoxy) is 1. The van der Waals surface area contributed by atoms with E-state index in [-0.39, 0.29) is 6.42 Å². The molecule has 0 heterocycles. The van der Waals surface area contributed by atoms with Crippen molar-refractivity contribution in [3.63, 3.8) is 0 Å². The fourth-order valence-electron chi connectivity index (χ4n) is 1.80. The van der Waals surface area contributed by atoms with E-state index in [1.54, 1.807) is 0 Å². The number of aliphatic carboxylic acids is 2. The van der Waals surface area contributed by atoms with Crippen LogP contribution in [0.3, 0.4) is 0 Å². The summed E-state index contributed by atoms with van der Waals surface area (Å²) in [7, 11) is 0. The van der Waals surface area contributed by atoms with Crippen molar-refractivity contribution in [3.05, 3.63) is 0 Å². The molecule has 16 heavy (non-hydrogen) atoms. The molecular formula is C10H16O6. The van der Waals surface area contributed by atoms with E-state index in [9.17, 15) is 14.7 Å². The van der Waals surface area contributed by atoms with Gasteiger partial charge in [-0.2, -0.15) is 0 Å². The van der Waals surface area contributed by atoms with Crippen LogP contribution in [-0.4, -0.2) is 45.6 Å². The second-order valence-electron chi connectivity index (χ2n) is 4.07. The predicted octanol–water partition coefficient (Wildman–Crippen LogP) is 0.0903.